The second kappa shape index (κ2) is 4.33. The highest BCUT2D eigenvalue weighted by atomic mass is 32.2. The highest BCUT2D eigenvalue weighted by molar-refractivity contribution is 7.95. The van der Waals surface area contributed by atoms with E-state index in [2.05, 4.69) is 0 Å². The molecule has 0 spiro atoms. The van der Waals surface area contributed by atoms with E-state index in [9.17, 15) is 18.3 Å². The fraction of sp³-hybridized carbons (Fsp3) is 0. The van der Waals surface area contributed by atoms with Gasteiger partial charge >= 0.3 is 0 Å². The maximum atomic E-state index is 11.0. The van der Waals surface area contributed by atoms with E-state index >= 15 is 0 Å². The van der Waals surface area contributed by atoms with E-state index in [0.717, 1.165) is 0 Å². The highest BCUT2D eigenvalue weighted by Crippen LogP contribution is 2.22. The summed E-state index contributed by atoms with van der Waals surface area (Å²) in [5.74, 6) is -2.54. The Kier molecular flexibility index (Phi) is 3.31. The van der Waals surface area contributed by atoms with Crippen LogP contribution in [0.4, 0.5) is 0 Å². The Bertz CT molecular complexity index is 532. The second-order valence-electron chi connectivity index (χ2n) is 2.88. The Morgan fingerprint density at radius 3 is 2.06 bits per heavy atom. The lowest BCUT2D eigenvalue weighted by molar-refractivity contribution is -0.116. The van der Waals surface area contributed by atoms with Gasteiger partial charge in [-0.3, -0.25) is 9.35 Å². The number of benzene rings is 1. The molecular weight excluding hydrogens is 234 g/mol. The molecule has 0 aliphatic carbocycles. The van der Waals surface area contributed by atoms with Gasteiger partial charge in [-0.05, 0) is 5.56 Å². The fourth-order valence-corrected chi connectivity index (χ4v) is 1.89. The molecule has 7 heteroatoms. The molecule has 4 N–H and O–H groups in total. The van der Waals surface area contributed by atoms with Crippen LogP contribution < -0.4 is 5.73 Å². The Morgan fingerprint density at radius 1 is 1.19 bits per heavy atom. The molecule has 0 radical (unpaired) electrons. The van der Waals surface area contributed by atoms with Crippen molar-refractivity contribution in [1.82, 2.24) is 0 Å². The summed E-state index contributed by atoms with van der Waals surface area (Å²) in [7, 11) is -4.73. The zero-order valence-corrected chi connectivity index (χ0v) is 8.81. The summed E-state index contributed by atoms with van der Waals surface area (Å²) in [6, 6.07) is 7.18. The largest absolute Gasteiger partial charge is 0.502 e. The van der Waals surface area contributed by atoms with Crippen LogP contribution in [-0.2, 0) is 14.9 Å². The Hall–Kier alpha value is -1.86. The lowest BCUT2D eigenvalue weighted by Crippen LogP contribution is -2.18. The van der Waals surface area contributed by atoms with E-state index in [1.807, 2.05) is 0 Å². The van der Waals surface area contributed by atoms with Gasteiger partial charge in [0.15, 0.2) is 0 Å². The first kappa shape index (κ1) is 12.2. The molecule has 1 aromatic carbocycles. The first-order valence-electron chi connectivity index (χ1n) is 4.10. The third kappa shape index (κ3) is 2.59. The van der Waals surface area contributed by atoms with E-state index < -0.39 is 26.7 Å². The number of primary amides is 1. The van der Waals surface area contributed by atoms with Gasteiger partial charge in [-0.25, -0.2) is 0 Å². The third-order valence-electron chi connectivity index (χ3n) is 1.74. The molecular formula is C9H9NO5S. The number of hydrogen-bond donors (Lipinski definition) is 3. The quantitative estimate of drug-likeness (QED) is 0.400. The minimum Gasteiger partial charge on any atom is -0.502 e. The van der Waals surface area contributed by atoms with Crippen molar-refractivity contribution in [3.05, 3.63) is 41.7 Å². The third-order valence-corrected chi connectivity index (χ3v) is 2.69. The summed E-state index contributed by atoms with van der Waals surface area (Å²) in [4.78, 5) is 9.80. The lowest BCUT2D eigenvalue weighted by atomic mass is 10.2. The first-order valence-corrected chi connectivity index (χ1v) is 5.54. The summed E-state index contributed by atoms with van der Waals surface area (Å²) in [6.45, 7) is 0. The summed E-state index contributed by atoms with van der Waals surface area (Å²) in [5, 5.41) is 9.24. The second-order valence-corrected chi connectivity index (χ2v) is 4.24. The summed E-state index contributed by atoms with van der Waals surface area (Å²) in [5.41, 5.74) is 4.72. The molecule has 0 aliphatic rings. The van der Waals surface area contributed by atoms with Crippen LogP contribution in [0.5, 0.6) is 0 Å². The van der Waals surface area contributed by atoms with E-state index in [-0.39, 0.29) is 5.56 Å². The molecule has 0 fully saturated rings. The van der Waals surface area contributed by atoms with E-state index in [1.165, 1.54) is 24.3 Å². The maximum Gasteiger partial charge on any atom is 0.299 e. The topological polar surface area (TPSA) is 118 Å². The number of amides is 1. The van der Waals surface area contributed by atoms with Gasteiger partial charge < -0.3 is 10.8 Å². The first-order chi connectivity index (χ1) is 7.34. The van der Waals surface area contributed by atoms with E-state index in [1.54, 1.807) is 6.07 Å². The van der Waals surface area contributed by atoms with Gasteiger partial charge in [-0.2, -0.15) is 8.42 Å². The Balaban J connectivity index is 3.53. The van der Waals surface area contributed by atoms with Crippen LogP contribution in [0, 0.1) is 0 Å². The lowest BCUT2D eigenvalue weighted by Gasteiger charge is -2.05. The van der Waals surface area contributed by atoms with Gasteiger partial charge in [0, 0.05) is 0 Å². The van der Waals surface area contributed by atoms with Gasteiger partial charge in [-0.1, -0.05) is 30.3 Å². The SMILES string of the molecule is NC(=O)/C(O)=C(\c1ccccc1)S(=O)(=O)O. The molecule has 6 nitrogen and oxygen atoms in total. The number of aliphatic hydroxyl groups is 1. The van der Waals surface area contributed by atoms with Crippen molar-refractivity contribution in [1.29, 1.82) is 0 Å². The molecule has 0 unspecified atom stereocenters. The standard InChI is InChI=1S/C9H9NO5S/c10-9(12)7(11)8(16(13,14)15)6-4-2-1-3-5-6/h1-5,11H,(H2,10,12)(H,13,14,15)/b8-7-. The van der Waals surface area contributed by atoms with Gasteiger partial charge in [0.25, 0.3) is 16.0 Å². The minimum absolute atomic E-state index is 0.0266. The summed E-state index contributed by atoms with van der Waals surface area (Å²) in [6.07, 6.45) is 0. The molecule has 1 aromatic rings. The van der Waals surface area contributed by atoms with Crippen LogP contribution in [0.1, 0.15) is 5.56 Å². The van der Waals surface area contributed by atoms with Crippen LogP contribution in [0.2, 0.25) is 0 Å². The van der Waals surface area contributed by atoms with Gasteiger partial charge in [0.05, 0.1) is 0 Å². The molecule has 0 saturated heterocycles. The molecule has 0 aromatic heterocycles. The monoisotopic (exact) mass is 243 g/mol. The number of nitrogens with two attached hydrogens (primary N) is 1. The van der Waals surface area contributed by atoms with Crippen molar-refractivity contribution in [3.63, 3.8) is 0 Å². The van der Waals surface area contributed by atoms with E-state index in [0.29, 0.717) is 0 Å². The van der Waals surface area contributed by atoms with Crippen LogP contribution in [0.15, 0.2) is 36.1 Å². The van der Waals surface area contributed by atoms with Crippen molar-refractivity contribution < 1.29 is 22.9 Å². The van der Waals surface area contributed by atoms with Gasteiger partial charge in [0.2, 0.25) is 5.76 Å². The molecule has 1 amide bonds. The van der Waals surface area contributed by atoms with Crippen molar-refractivity contribution >= 4 is 20.9 Å². The number of rotatable bonds is 3. The van der Waals surface area contributed by atoms with Crippen LogP contribution >= 0.6 is 0 Å². The molecule has 0 aliphatic heterocycles. The van der Waals surface area contributed by atoms with Gasteiger partial charge in [-0.15, -0.1) is 0 Å². The number of carbonyl (C=O) groups is 1. The predicted molar refractivity (Wildman–Crippen MR) is 56.7 cm³/mol. The number of carbonyl (C=O) groups excluding carboxylic acids is 1. The molecule has 16 heavy (non-hydrogen) atoms. The number of aliphatic hydroxyl groups excluding tert-OH is 1. The fourth-order valence-electron chi connectivity index (χ4n) is 1.11. The van der Waals surface area contributed by atoms with Crippen molar-refractivity contribution in [2.75, 3.05) is 0 Å². The predicted octanol–water partition coefficient (Wildman–Crippen LogP) is 0.286. The summed E-state index contributed by atoms with van der Waals surface area (Å²) < 4.78 is 30.9. The molecule has 0 saturated carbocycles. The zero-order valence-electron chi connectivity index (χ0n) is 7.99. The number of hydrogen-bond acceptors (Lipinski definition) is 4. The Morgan fingerprint density at radius 2 is 1.69 bits per heavy atom. The zero-order chi connectivity index (χ0) is 12.3. The van der Waals surface area contributed by atoms with Crippen molar-refractivity contribution in [2.24, 2.45) is 5.73 Å². The smallest absolute Gasteiger partial charge is 0.299 e. The molecule has 0 atom stereocenters. The minimum atomic E-state index is -4.73. The van der Waals surface area contributed by atoms with Crippen LogP contribution in [0.25, 0.3) is 4.91 Å². The summed E-state index contributed by atoms with van der Waals surface area (Å²) >= 11 is 0. The molecule has 1 rings (SSSR count). The van der Waals surface area contributed by atoms with Crippen molar-refractivity contribution in [3.8, 4) is 0 Å². The van der Waals surface area contributed by atoms with E-state index in [4.69, 9.17) is 10.3 Å². The average Bonchev–Trinajstić information content (AvgIpc) is 2.17. The van der Waals surface area contributed by atoms with Gasteiger partial charge in [0.1, 0.15) is 4.91 Å². The molecule has 0 bridgehead atoms. The van der Waals surface area contributed by atoms with Crippen molar-refractivity contribution in [2.45, 2.75) is 0 Å². The normalized spacial score (nSPS) is 13.1. The van der Waals surface area contributed by atoms with Crippen LogP contribution in [0.3, 0.4) is 0 Å². The highest BCUT2D eigenvalue weighted by Gasteiger charge is 2.24. The van der Waals surface area contributed by atoms with Crippen LogP contribution in [-0.4, -0.2) is 24.0 Å². The molecule has 86 valence electrons. The average molecular weight is 243 g/mol. The Labute approximate surface area is 91.8 Å². The maximum absolute atomic E-state index is 11.0. The molecule has 0 heterocycles.